The van der Waals surface area contributed by atoms with E-state index in [1.54, 1.807) is 22.9 Å². The summed E-state index contributed by atoms with van der Waals surface area (Å²) >= 11 is 7.38. The second-order valence-electron chi connectivity index (χ2n) is 5.60. The third kappa shape index (κ3) is 3.12. The van der Waals surface area contributed by atoms with Gasteiger partial charge in [-0.3, -0.25) is 19.1 Å². The lowest BCUT2D eigenvalue weighted by Gasteiger charge is -2.35. The summed E-state index contributed by atoms with van der Waals surface area (Å²) in [5, 5.41) is 2.28. The van der Waals surface area contributed by atoms with Gasteiger partial charge in [0, 0.05) is 50.4 Å². The number of nitrogens with zero attached hydrogens (tertiary/aromatic N) is 6. The normalized spacial score (nSPS) is 16.0. The molecule has 1 saturated heterocycles. The van der Waals surface area contributed by atoms with Crippen molar-refractivity contribution in [1.82, 2.24) is 24.3 Å². The first kappa shape index (κ1) is 15.5. The Kier molecular flexibility index (Phi) is 4.17. The number of halogens is 1. The van der Waals surface area contributed by atoms with Crippen molar-refractivity contribution in [3.05, 3.63) is 51.2 Å². The van der Waals surface area contributed by atoms with Crippen LogP contribution in [0.5, 0.6) is 0 Å². The highest BCUT2D eigenvalue weighted by Gasteiger charge is 2.19. The minimum absolute atomic E-state index is 0.0240. The van der Waals surface area contributed by atoms with Crippen LogP contribution in [-0.4, -0.2) is 50.4 Å². The molecule has 0 atom stereocenters. The quantitative estimate of drug-likeness (QED) is 0.703. The average molecular weight is 363 g/mol. The summed E-state index contributed by atoms with van der Waals surface area (Å²) in [4.78, 5) is 30.2. The van der Waals surface area contributed by atoms with E-state index in [2.05, 4.69) is 24.8 Å². The Labute approximate surface area is 147 Å². The lowest BCUT2D eigenvalue weighted by atomic mass is 10.3. The summed E-state index contributed by atoms with van der Waals surface area (Å²) in [5.41, 5.74) is 0.794. The van der Waals surface area contributed by atoms with Crippen molar-refractivity contribution in [2.75, 3.05) is 31.1 Å². The second kappa shape index (κ2) is 6.46. The van der Waals surface area contributed by atoms with Crippen LogP contribution in [0, 0.1) is 0 Å². The number of rotatable bonds is 3. The van der Waals surface area contributed by atoms with Gasteiger partial charge < -0.3 is 4.90 Å². The fraction of sp³-hybridized carbons (Fsp3) is 0.333. The molecule has 0 radical (unpaired) electrons. The molecule has 3 aromatic heterocycles. The zero-order chi connectivity index (χ0) is 16.5. The van der Waals surface area contributed by atoms with Crippen LogP contribution >= 0.6 is 22.9 Å². The van der Waals surface area contributed by atoms with Crippen molar-refractivity contribution in [2.45, 2.75) is 6.54 Å². The molecule has 1 aliphatic heterocycles. The fourth-order valence-corrected chi connectivity index (χ4v) is 3.70. The molecule has 0 aromatic carbocycles. The average Bonchev–Trinajstić information content (AvgIpc) is 3.05. The Morgan fingerprint density at radius 2 is 2.00 bits per heavy atom. The maximum absolute atomic E-state index is 12.0. The summed E-state index contributed by atoms with van der Waals surface area (Å²) in [7, 11) is 0. The molecule has 1 aliphatic rings. The van der Waals surface area contributed by atoms with E-state index in [1.165, 1.54) is 17.5 Å². The molecule has 4 heterocycles. The van der Waals surface area contributed by atoms with Gasteiger partial charge in [0.05, 0.1) is 18.1 Å². The van der Waals surface area contributed by atoms with Gasteiger partial charge in [-0.1, -0.05) is 11.6 Å². The molecule has 0 N–H and O–H groups in total. The third-order valence-corrected chi connectivity index (χ3v) is 4.97. The molecule has 0 spiro atoms. The molecule has 124 valence electrons. The van der Waals surface area contributed by atoms with E-state index >= 15 is 0 Å². The molecule has 7 nitrogen and oxygen atoms in total. The van der Waals surface area contributed by atoms with E-state index in [0.717, 1.165) is 42.7 Å². The first-order valence-electron chi connectivity index (χ1n) is 7.60. The molecule has 9 heteroatoms. The molecular formula is C15H15ClN6OS. The van der Waals surface area contributed by atoms with Crippen molar-refractivity contribution >= 4 is 33.7 Å². The van der Waals surface area contributed by atoms with E-state index in [-0.39, 0.29) is 5.56 Å². The summed E-state index contributed by atoms with van der Waals surface area (Å²) in [6, 6.07) is 1.62. The number of fused-ring (bicyclic) bond motifs is 1. The van der Waals surface area contributed by atoms with Crippen LogP contribution in [0.25, 0.3) is 4.96 Å². The molecule has 4 rings (SSSR count). The number of thiazole rings is 1. The summed E-state index contributed by atoms with van der Waals surface area (Å²) in [6.45, 7) is 4.11. The number of anilines is 1. The molecular weight excluding hydrogens is 348 g/mol. The molecule has 0 aliphatic carbocycles. The Morgan fingerprint density at radius 3 is 2.79 bits per heavy atom. The van der Waals surface area contributed by atoms with Crippen molar-refractivity contribution < 1.29 is 0 Å². The van der Waals surface area contributed by atoms with Crippen LogP contribution in [0.2, 0.25) is 5.15 Å². The predicted octanol–water partition coefficient (Wildman–Crippen LogP) is 1.52. The van der Waals surface area contributed by atoms with Crippen molar-refractivity contribution in [3.8, 4) is 0 Å². The monoisotopic (exact) mass is 362 g/mol. The summed E-state index contributed by atoms with van der Waals surface area (Å²) < 4.78 is 1.57. The SMILES string of the molecule is O=c1cc(CN2CCN(c3cncc(Cl)n3)CC2)nc2sccn12. The Bertz CT molecular complexity index is 917. The predicted molar refractivity (Wildman–Crippen MR) is 93.9 cm³/mol. The van der Waals surface area contributed by atoms with Gasteiger partial charge >= 0.3 is 0 Å². The van der Waals surface area contributed by atoms with Gasteiger partial charge in [-0.15, -0.1) is 11.3 Å². The first-order chi connectivity index (χ1) is 11.7. The van der Waals surface area contributed by atoms with Crippen LogP contribution in [0.4, 0.5) is 5.82 Å². The van der Waals surface area contributed by atoms with Crippen LogP contribution in [0.1, 0.15) is 5.69 Å². The van der Waals surface area contributed by atoms with E-state index in [0.29, 0.717) is 11.7 Å². The molecule has 0 amide bonds. The van der Waals surface area contributed by atoms with Gasteiger partial charge in [-0.05, 0) is 0 Å². The molecule has 1 fully saturated rings. The van der Waals surface area contributed by atoms with Crippen LogP contribution < -0.4 is 10.5 Å². The molecule has 0 bridgehead atoms. The third-order valence-electron chi connectivity index (χ3n) is 4.03. The first-order valence-corrected chi connectivity index (χ1v) is 8.85. The van der Waals surface area contributed by atoms with Gasteiger partial charge in [0.1, 0.15) is 11.0 Å². The lowest BCUT2D eigenvalue weighted by Crippen LogP contribution is -2.46. The summed E-state index contributed by atoms with van der Waals surface area (Å²) in [6.07, 6.45) is 5.02. The highest BCUT2D eigenvalue weighted by atomic mass is 35.5. The fourth-order valence-electron chi connectivity index (χ4n) is 2.82. The highest BCUT2D eigenvalue weighted by Crippen LogP contribution is 2.16. The maximum atomic E-state index is 12.0. The van der Waals surface area contributed by atoms with Crippen molar-refractivity contribution in [2.24, 2.45) is 0 Å². The maximum Gasteiger partial charge on any atom is 0.258 e. The van der Waals surface area contributed by atoms with Crippen molar-refractivity contribution in [3.63, 3.8) is 0 Å². The lowest BCUT2D eigenvalue weighted by molar-refractivity contribution is 0.246. The van der Waals surface area contributed by atoms with Gasteiger partial charge in [-0.25, -0.2) is 9.97 Å². The van der Waals surface area contributed by atoms with Gasteiger partial charge in [0.2, 0.25) is 0 Å². The largest absolute Gasteiger partial charge is 0.353 e. The highest BCUT2D eigenvalue weighted by molar-refractivity contribution is 7.15. The second-order valence-corrected chi connectivity index (χ2v) is 6.86. The molecule has 24 heavy (non-hydrogen) atoms. The van der Waals surface area contributed by atoms with Gasteiger partial charge in [0.15, 0.2) is 4.96 Å². The Balaban J connectivity index is 1.43. The number of hydrogen-bond acceptors (Lipinski definition) is 7. The van der Waals surface area contributed by atoms with Crippen LogP contribution in [0.15, 0.2) is 34.8 Å². The van der Waals surface area contributed by atoms with E-state index in [4.69, 9.17) is 11.6 Å². The zero-order valence-corrected chi connectivity index (χ0v) is 14.4. The van der Waals surface area contributed by atoms with Gasteiger partial charge in [-0.2, -0.15) is 0 Å². The number of piperazine rings is 1. The van der Waals surface area contributed by atoms with E-state index in [1.807, 2.05) is 5.38 Å². The minimum atomic E-state index is -0.0240. The summed E-state index contributed by atoms with van der Waals surface area (Å²) in [5.74, 6) is 0.804. The minimum Gasteiger partial charge on any atom is -0.353 e. The molecule has 3 aromatic rings. The van der Waals surface area contributed by atoms with Crippen molar-refractivity contribution in [1.29, 1.82) is 0 Å². The standard InChI is InChI=1S/C15H15ClN6OS/c16-12-8-17-9-13(19-12)21-3-1-20(2-4-21)10-11-7-14(23)22-5-6-24-15(22)18-11/h5-9H,1-4,10H2. The molecule has 0 saturated carbocycles. The van der Waals surface area contributed by atoms with E-state index < -0.39 is 0 Å². The van der Waals surface area contributed by atoms with E-state index in [9.17, 15) is 4.79 Å². The Hall–Kier alpha value is -2.03. The van der Waals surface area contributed by atoms with Crippen LogP contribution in [-0.2, 0) is 6.54 Å². The number of hydrogen-bond donors (Lipinski definition) is 0. The molecule has 0 unspecified atom stereocenters. The Morgan fingerprint density at radius 1 is 1.17 bits per heavy atom. The van der Waals surface area contributed by atoms with Gasteiger partial charge in [0.25, 0.3) is 5.56 Å². The number of aromatic nitrogens is 4. The van der Waals surface area contributed by atoms with Crippen LogP contribution in [0.3, 0.4) is 0 Å². The topological polar surface area (TPSA) is 66.6 Å². The smallest absolute Gasteiger partial charge is 0.258 e. The zero-order valence-electron chi connectivity index (χ0n) is 12.8.